The van der Waals surface area contributed by atoms with E-state index >= 15 is 0 Å². The summed E-state index contributed by atoms with van der Waals surface area (Å²) in [6.45, 7) is 2.67. The molecule has 0 saturated carbocycles. The van der Waals surface area contributed by atoms with E-state index in [9.17, 15) is 4.79 Å². The van der Waals surface area contributed by atoms with E-state index < -0.39 is 5.97 Å². The second kappa shape index (κ2) is 4.63. The molecule has 88 valence electrons. The monoisotopic (exact) mass is 223 g/mol. The van der Waals surface area contributed by atoms with Gasteiger partial charge >= 0.3 is 5.97 Å². The number of fused-ring (bicyclic) bond motifs is 1. The highest BCUT2D eigenvalue weighted by Gasteiger charge is 2.26. The van der Waals surface area contributed by atoms with Crippen LogP contribution < -0.4 is 0 Å². The van der Waals surface area contributed by atoms with E-state index in [0.29, 0.717) is 13.0 Å². The van der Waals surface area contributed by atoms with Crippen LogP contribution in [0.25, 0.3) is 0 Å². The molecule has 2 rings (SSSR count). The van der Waals surface area contributed by atoms with Gasteiger partial charge in [0.2, 0.25) is 0 Å². The second-order valence-electron chi connectivity index (χ2n) is 4.32. The summed E-state index contributed by atoms with van der Waals surface area (Å²) in [5.41, 5.74) is 0. The van der Waals surface area contributed by atoms with Crippen LogP contribution in [0.15, 0.2) is 0 Å². The van der Waals surface area contributed by atoms with Gasteiger partial charge in [-0.1, -0.05) is 13.3 Å². The predicted molar refractivity (Wildman–Crippen MR) is 58.1 cm³/mol. The van der Waals surface area contributed by atoms with Gasteiger partial charge in [-0.05, 0) is 12.8 Å². The first kappa shape index (κ1) is 11.1. The molecule has 5 heteroatoms. The molecule has 0 amide bonds. The molecule has 0 saturated heterocycles. The first-order valence-electron chi connectivity index (χ1n) is 5.86. The zero-order valence-corrected chi connectivity index (χ0v) is 9.52. The Labute approximate surface area is 94.5 Å². The van der Waals surface area contributed by atoms with E-state index in [2.05, 4.69) is 17.1 Å². The number of unbranched alkanes of at least 4 members (excludes halogenated alkanes) is 1. The van der Waals surface area contributed by atoms with Gasteiger partial charge < -0.3 is 9.67 Å². The average molecular weight is 223 g/mol. The quantitative estimate of drug-likeness (QED) is 0.834. The molecule has 0 radical (unpaired) electrons. The molecule has 2 heterocycles. The largest absolute Gasteiger partial charge is 0.481 e. The summed E-state index contributed by atoms with van der Waals surface area (Å²) in [5.74, 6) is 0.913. The Morgan fingerprint density at radius 3 is 3.06 bits per heavy atom. The first-order chi connectivity index (χ1) is 7.72. The standard InChI is InChI=1S/C11H17N3O2/c1-2-3-4-9-12-13-10-6-5-8(11(15)16)7-14(9)10/h8H,2-7H2,1H3,(H,15,16). The number of aliphatic carboxylic acids is 1. The lowest BCUT2D eigenvalue weighted by atomic mass is 9.99. The fourth-order valence-electron chi connectivity index (χ4n) is 2.10. The zero-order valence-electron chi connectivity index (χ0n) is 9.52. The van der Waals surface area contributed by atoms with E-state index in [-0.39, 0.29) is 5.92 Å². The van der Waals surface area contributed by atoms with E-state index in [1.165, 1.54) is 0 Å². The zero-order chi connectivity index (χ0) is 11.5. The van der Waals surface area contributed by atoms with E-state index in [1.807, 2.05) is 4.57 Å². The molecule has 1 aliphatic rings. The molecule has 0 aliphatic carbocycles. The average Bonchev–Trinajstić information content (AvgIpc) is 2.68. The molecule has 1 unspecified atom stereocenters. The van der Waals surface area contributed by atoms with Crippen molar-refractivity contribution in [1.82, 2.24) is 14.8 Å². The number of hydrogen-bond donors (Lipinski definition) is 1. The Hall–Kier alpha value is -1.39. The highest BCUT2D eigenvalue weighted by atomic mass is 16.4. The summed E-state index contributed by atoms with van der Waals surface area (Å²) < 4.78 is 2.00. The molecule has 0 aromatic carbocycles. The van der Waals surface area contributed by atoms with Crippen molar-refractivity contribution < 1.29 is 9.90 Å². The lowest BCUT2D eigenvalue weighted by Crippen LogP contribution is -2.27. The van der Waals surface area contributed by atoms with Crippen molar-refractivity contribution >= 4 is 5.97 Å². The van der Waals surface area contributed by atoms with Gasteiger partial charge in [0.15, 0.2) is 0 Å². The van der Waals surface area contributed by atoms with Crippen molar-refractivity contribution in [2.24, 2.45) is 5.92 Å². The Morgan fingerprint density at radius 2 is 2.38 bits per heavy atom. The second-order valence-corrected chi connectivity index (χ2v) is 4.32. The van der Waals surface area contributed by atoms with E-state index in [1.54, 1.807) is 0 Å². The number of aromatic nitrogens is 3. The predicted octanol–water partition coefficient (Wildman–Crippen LogP) is 1.27. The minimum atomic E-state index is -0.708. The molecule has 1 aromatic rings. The van der Waals surface area contributed by atoms with Gasteiger partial charge in [-0.15, -0.1) is 10.2 Å². The number of aryl methyl sites for hydroxylation is 2. The molecule has 1 N–H and O–H groups in total. The summed E-state index contributed by atoms with van der Waals surface area (Å²) >= 11 is 0. The number of nitrogens with zero attached hydrogens (tertiary/aromatic N) is 3. The Balaban J connectivity index is 2.14. The van der Waals surface area contributed by atoms with Crippen molar-refractivity contribution in [1.29, 1.82) is 0 Å². The van der Waals surface area contributed by atoms with Crippen molar-refractivity contribution in [2.45, 2.75) is 45.6 Å². The van der Waals surface area contributed by atoms with Crippen LogP contribution in [0.1, 0.15) is 37.8 Å². The summed E-state index contributed by atoms with van der Waals surface area (Å²) in [4.78, 5) is 11.0. The third-order valence-corrected chi connectivity index (χ3v) is 3.13. The SMILES string of the molecule is CCCCc1nnc2n1CC(C(=O)O)CC2. The fourth-order valence-corrected chi connectivity index (χ4v) is 2.10. The molecule has 0 fully saturated rings. The van der Waals surface area contributed by atoms with Gasteiger partial charge in [0.05, 0.1) is 5.92 Å². The van der Waals surface area contributed by atoms with Crippen LogP contribution in [0.4, 0.5) is 0 Å². The summed E-state index contributed by atoms with van der Waals surface area (Å²) in [6.07, 6.45) is 4.51. The van der Waals surface area contributed by atoms with Crippen LogP contribution in [0.3, 0.4) is 0 Å². The Bertz CT molecular complexity index is 387. The van der Waals surface area contributed by atoms with Gasteiger partial charge in [-0.3, -0.25) is 4.79 Å². The minimum Gasteiger partial charge on any atom is -0.481 e. The van der Waals surface area contributed by atoms with Crippen LogP contribution in [0.5, 0.6) is 0 Å². The van der Waals surface area contributed by atoms with Crippen molar-refractivity contribution in [3.8, 4) is 0 Å². The molecule has 1 aliphatic heterocycles. The Kier molecular flexibility index (Phi) is 3.22. The Morgan fingerprint density at radius 1 is 1.56 bits per heavy atom. The molecular weight excluding hydrogens is 206 g/mol. The van der Waals surface area contributed by atoms with Crippen LogP contribution in [-0.4, -0.2) is 25.8 Å². The molecular formula is C11H17N3O2. The van der Waals surface area contributed by atoms with Crippen molar-refractivity contribution in [3.63, 3.8) is 0 Å². The summed E-state index contributed by atoms with van der Waals surface area (Å²) in [7, 11) is 0. The number of hydrogen-bond acceptors (Lipinski definition) is 3. The van der Waals surface area contributed by atoms with Crippen LogP contribution in [0.2, 0.25) is 0 Å². The van der Waals surface area contributed by atoms with Gasteiger partial charge in [0, 0.05) is 19.4 Å². The molecule has 16 heavy (non-hydrogen) atoms. The molecule has 1 atom stereocenters. The topological polar surface area (TPSA) is 68.0 Å². The smallest absolute Gasteiger partial charge is 0.308 e. The number of carboxylic acid groups (broad SMARTS) is 1. The maximum Gasteiger partial charge on any atom is 0.308 e. The molecule has 1 aromatic heterocycles. The first-order valence-corrected chi connectivity index (χ1v) is 5.86. The number of carboxylic acids is 1. The maximum absolute atomic E-state index is 11.0. The van der Waals surface area contributed by atoms with Crippen LogP contribution in [-0.2, 0) is 24.2 Å². The normalized spacial score (nSPS) is 19.4. The lowest BCUT2D eigenvalue weighted by molar-refractivity contribution is -0.142. The number of carbonyl (C=O) groups is 1. The van der Waals surface area contributed by atoms with E-state index in [0.717, 1.165) is 37.3 Å². The number of rotatable bonds is 4. The van der Waals surface area contributed by atoms with Gasteiger partial charge in [0.25, 0.3) is 0 Å². The third-order valence-electron chi connectivity index (χ3n) is 3.13. The lowest BCUT2D eigenvalue weighted by Gasteiger charge is -2.20. The molecule has 0 bridgehead atoms. The molecule has 5 nitrogen and oxygen atoms in total. The fraction of sp³-hybridized carbons (Fsp3) is 0.727. The highest BCUT2D eigenvalue weighted by molar-refractivity contribution is 5.70. The van der Waals surface area contributed by atoms with Crippen molar-refractivity contribution in [3.05, 3.63) is 11.6 Å². The van der Waals surface area contributed by atoms with Crippen molar-refractivity contribution in [2.75, 3.05) is 0 Å². The minimum absolute atomic E-state index is 0.274. The van der Waals surface area contributed by atoms with Gasteiger partial charge in [-0.25, -0.2) is 0 Å². The van der Waals surface area contributed by atoms with Crippen LogP contribution >= 0.6 is 0 Å². The summed E-state index contributed by atoms with van der Waals surface area (Å²) in [5, 5.41) is 17.3. The molecule has 0 spiro atoms. The van der Waals surface area contributed by atoms with Gasteiger partial charge in [0.1, 0.15) is 11.6 Å². The van der Waals surface area contributed by atoms with Crippen LogP contribution in [0, 0.1) is 5.92 Å². The van der Waals surface area contributed by atoms with E-state index in [4.69, 9.17) is 5.11 Å². The highest BCUT2D eigenvalue weighted by Crippen LogP contribution is 2.20. The summed E-state index contributed by atoms with van der Waals surface area (Å²) in [6, 6.07) is 0. The van der Waals surface area contributed by atoms with Gasteiger partial charge in [-0.2, -0.15) is 0 Å². The maximum atomic E-state index is 11.0. The third kappa shape index (κ3) is 2.08.